The molecule has 0 spiro atoms. The van der Waals surface area contributed by atoms with Crippen LogP contribution in [0.4, 0.5) is 0 Å². The molecule has 0 aromatic rings. The van der Waals surface area contributed by atoms with Crippen LogP contribution in [0.2, 0.25) is 0 Å². The minimum Gasteiger partial charge on any atom is -0.0993 e. The Balaban J connectivity index is 3.03. The molecule has 1 aliphatic carbocycles. The second-order valence-corrected chi connectivity index (χ2v) is 6.50. The average molecular weight is 256 g/mol. The lowest BCUT2D eigenvalue weighted by molar-refractivity contribution is 0.531. The van der Waals surface area contributed by atoms with E-state index < -0.39 is 0 Å². The third-order valence-corrected chi connectivity index (χ3v) is 4.35. The quantitative estimate of drug-likeness (QED) is 0.541. The summed E-state index contributed by atoms with van der Waals surface area (Å²) in [4.78, 5) is 0. The highest BCUT2D eigenvalue weighted by Crippen LogP contribution is 2.31. The number of hydrogen-bond acceptors (Lipinski definition) is 0. The summed E-state index contributed by atoms with van der Waals surface area (Å²) >= 11 is 0. The Kier molecular flexibility index (Phi) is 4.79. The minimum absolute atomic E-state index is 0.0468. The van der Waals surface area contributed by atoms with Crippen molar-refractivity contribution < 1.29 is 0 Å². The third-order valence-electron chi connectivity index (χ3n) is 4.35. The van der Waals surface area contributed by atoms with E-state index in [-0.39, 0.29) is 10.8 Å². The van der Waals surface area contributed by atoms with E-state index in [2.05, 4.69) is 84.6 Å². The highest BCUT2D eigenvalue weighted by Gasteiger charge is 2.17. The predicted octanol–water partition coefficient (Wildman–Crippen LogP) is 6.00. The van der Waals surface area contributed by atoms with Gasteiger partial charge in [-0.3, -0.25) is 0 Å². The fourth-order valence-electron chi connectivity index (χ4n) is 1.74. The van der Waals surface area contributed by atoms with E-state index in [1.54, 1.807) is 0 Å². The van der Waals surface area contributed by atoms with Crippen LogP contribution >= 0.6 is 0 Å². The first kappa shape index (κ1) is 15.8. The van der Waals surface area contributed by atoms with Gasteiger partial charge in [0.15, 0.2) is 0 Å². The fraction of sp³-hybridized carbons (Fsp3) is 0.474. The van der Waals surface area contributed by atoms with Crippen molar-refractivity contribution in [1.82, 2.24) is 0 Å². The topological polar surface area (TPSA) is 0 Å². The molecule has 0 nitrogen and oxygen atoms in total. The summed E-state index contributed by atoms with van der Waals surface area (Å²) in [7, 11) is 0. The van der Waals surface area contributed by atoms with E-state index in [0.29, 0.717) is 0 Å². The molecule has 104 valence electrons. The van der Waals surface area contributed by atoms with Gasteiger partial charge in [0.2, 0.25) is 0 Å². The molecule has 19 heavy (non-hydrogen) atoms. The van der Waals surface area contributed by atoms with Crippen LogP contribution in [0.15, 0.2) is 59.8 Å². The van der Waals surface area contributed by atoms with Crippen molar-refractivity contribution in [3.8, 4) is 0 Å². The van der Waals surface area contributed by atoms with Crippen molar-refractivity contribution in [2.24, 2.45) is 10.8 Å². The minimum atomic E-state index is 0.0468. The molecule has 1 atom stereocenters. The van der Waals surface area contributed by atoms with Crippen LogP contribution in [0.25, 0.3) is 0 Å². The van der Waals surface area contributed by atoms with E-state index in [1.165, 1.54) is 16.7 Å². The lowest BCUT2D eigenvalue weighted by Gasteiger charge is -2.20. The van der Waals surface area contributed by atoms with Crippen molar-refractivity contribution in [2.45, 2.75) is 48.0 Å². The Morgan fingerprint density at radius 3 is 2.42 bits per heavy atom. The number of allylic oxidation sites excluding steroid dienone is 9. The third kappa shape index (κ3) is 4.09. The Morgan fingerprint density at radius 1 is 1.32 bits per heavy atom. The van der Waals surface area contributed by atoms with Crippen molar-refractivity contribution in [1.29, 1.82) is 0 Å². The second kappa shape index (κ2) is 5.77. The summed E-state index contributed by atoms with van der Waals surface area (Å²) < 4.78 is 0. The van der Waals surface area contributed by atoms with E-state index in [9.17, 15) is 0 Å². The molecule has 1 unspecified atom stereocenters. The summed E-state index contributed by atoms with van der Waals surface area (Å²) in [5.74, 6) is 0. The Hall–Kier alpha value is -1.30. The van der Waals surface area contributed by atoms with Crippen LogP contribution in [-0.2, 0) is 0 Å². The summed E-state index contributed by atoms with van der Waals surface area (Å²) in [6.07, 6.45) is 14.7. The van der Waals surface area contributed by atoms with Gasteiger partial charge in [0.25, 0.3) is 0 Å². The van der Waals surface area contributed by atoms with Gasteiger partial charge < -0.3 is 0 Å². The molecule has 0 radical (unpaired) electrons. The standard InChI is InChI=1S/C19H28/c1-8-19(7)13-9-16(4)17(11-14-19)10-12-18(5,6)15(2)3/h9-14H,2,8H2,1,3-7H3. The van der Waals surface area contributed by atoms with E-state index in [4.69, 9.17) is 0 Å². The molecular weight excluding hydrogens is 228 g/mol. The van der Waals surface area contributed by atoms with Crippen molar-refractivity contribution >= 4 is 0 Å². The van der Waals surface area contributed by atoms with Crippen LogP contribution in [0, 0.1) is 10.8 Å². The Morgan fingerprint density at radius 2 is 1.89 bits per heavy atom. The predicted molar refractivity (Wildman–Crippen MR) is 87.1 cm³/mol. The van der Waals surface area contributed by atoms with Crippen LogP contribution in [0.3, 0.4) is 0 Å². The van der Waals surface area contributed by atoms with Gasteiger partial charge in [-0.15, -0.1) is 0 Å². The van der Waals surface area contributed by atoms with Gasteiger partial charge in [0, 0.05) is 10.8 Å². The highest BCUT2D eigenvalue weighted by molar-refractivity contribution is 5.44. The van der Waals surface area contributed by atoms with Gasteiger partial charge >= 0.3 is 0 Å². The van der Waals surface area contributed by atoms with Crippen LogP contribution in [0.1, 0.15) is 48.0 Å². The van der Waals surface area contributed by atoms with Crippen LogP contribution in [-0.4, -0.2) is 0 Å². The summed E-state index contributed by atoms with van der Waals surface area (Å²) in [6.45, 7) is 17.2. The monoisotopic (exact) mass is 256 g/mol. The van der Waals surface area contributed by atoms with Gasteiger partial charge in [-0.2, -0.15) is 0 Å². The molecule has 0 aliphatic heterocycles. The van der Waals surface area contributed by atoms with Gasteiger partial charge in [0.05, 0.1) is 0 Å². The maximum Gasteiger partial charge on any atom is 0.00366 e. The fourth-order valence-corrected chi connectivity index (χ4v) is 1.74. The van der Waals surface area contributed by atoms with Crippen molar-refractivity contribution in [3.63, 3.8) is 0 Å². The smallest absolute Gasteiger partial charge is 0.00366 e. The van der Waals surface area contributed by atoms with Gasteiger partial charge in [-0.25, -0.2) is 0 Å². The van der Waals surface area contributed by atoms with Crippen LogP contribution in [0.5, 0.6) is 0 Å². The Bertz CT molecular complexity index is 466. The lowest BCUT2D eigenvalue weighted by atomic mass is 9.85. The zero-order chi connectivity index (χ0) is 14.7. The van der Waals surface area contributed by atoms with Crippen LogP contribution < -0.4 is 0 Å². The zero-order valence-corrected chi connectivity index (χ0v) is 13.4. The van der Waals surface area contributed by atoms with Crippen molar-refractivity contribution in [3.05, 3.63) is 59.8 Å². The molecule has 0 aromatic carbocycles. The molecule has 0 N–H and O–H groups in total. The van der Waals surface area contributed by atoms with Gasteiger partial charge in [0.1, 0.15) is 0 Å². The molecule has 0 amide bonds. The molecule has 1 rings (SSSR count). The molecule has 1 aliphatic rings. The largest absolute Gasteiger partial charge is 0.0993 e. The molecule has 0 heterocycles. The van der Waals surface area contributed by atoms with Crippen molar-refractivity contribution in [2.75, 3.05) is 0 Å². The summed E-state index contributed by atoms with van der Waals surface area (Å²) in [6, 6.07) is 0. The average Bonchev–Trinajstić information content (AvgIpc) is 2.49. The molecule has 0 saturated carbocycles. The first-order valence-corrected chi connectivity index (χ1v) is 7.15. The second-order valence-electron chi connectivity index (χ2n) is 6.50. The molecule has 0 heteroatoms. The number of hydrogen-bond donors (Lipinski definition) is 0. The maximum atomic E-state index is 4.07. The SMILES string of the molecule is C=C(C)C(C)(C)C=CC1=C(C)C=CC(C)(CC)C=C1. The highest BCUT2D eigenvalue weighted by atomic mass is 14.2. The van der Waals surface area contributed by atoms with E-state index in [0.717, 1.165) is 6.42 Å². The van der Waals surface area contributed by atoms with Gasteiger partial charge in [-0.1, -0.05) is 76.3 Å². The first-order chi connectivity index (χ1) is 8.70. The molecule has 0 saturated heterocycles. The summed E-state index contributed by atoms with van der Waals surface area (Å²) in [5, 5.41) is 0. The first-order valence-electron chi connectivity index (χ1n) is 7.15. The molecular formula is C19H28. The normalized spacial score (nSPS) is 24.1. The molecule has 0 bridgehead atoms. The maximum absolute atomic E-state index is 4.07. The summed E-state index contributed by atoms with van der Waals surface area (Å²) in [5.41, 5.74) is 4.03. The van der Waals surface area contributed by atoms with Gasteiger partial charge in [-0.05, 0) is 31.4 Å². The van der Waals surface area contributed by atoms with E-state index >= 15 is 0 Å². The lowest BCUT2D eigenvalue weighted by Crippen LogP contribution is -2.07. The Labute approximate surface area is 119 Å². The zero-order valence-electron chi connectivity index (χ0n) is 13.4. The number of rotatable bonds is 4. The molecule has 0 fully saturated rings. The van der Waals surface area contributed by atoms with E-state index in [1.807, 2.05) is 0 Å². The molecule has 0 aromatic heterocycles.